The molecule has 2 aromatic rings. The summed E-state index contributed by atoms with van der Waals surface area (Å²) in [7, 11) is 1.63. The van der Waals surface area contributed by atoms with Crippen molar-refractivity contribution < 1.29 is 9.15 Å². The maximum atomic E-state index is 5.68. The lowest BCUT2D eigenvalue weighted by Crippen LogP contribution is -2.02. The molecule has 0 aliphatic carbocycles. The third kappa shape index (κ3) is 5.94. The maximum absolute atomic E-state index is 5.68. The number of aromatic nitrogens is 2. The standard InChI is InChI=1S/C13H13Cl3N2O2S/c1-19-10-4-2-9(3-5-10)8-11-17-18-12(20-11)21-7-6-13(14,15)16/h2-5H,6-8H2,1H3. The molecule has 0 aliphatic heterocycles. The van der Waals surface area contributed by atoms with Crippen molar-refractivity contribution in [2.24, 2.45) is 0 Å². The van der Waals surface area contributed by atoms with E-state index in [0.717, 1.165) is 11.3 Å². The van der Waals surface area contributed by atoms with Crippen molar-refractivity contribution >= 4 is 46.6 Å². The van der Waals surface area contributed by atoms with E-state index in [1.54, 1.807) is 7.11 Å². The van der Waals surface area contributed by atoms with Crippen LogP contribution in [0, 0.1) is 0 Å². The Morgan fingerprint density at radius 2 is 1.90 bits per heavy atom. The summed E-state index contributed by atoms with van der Waals surface area (Å²) >= 11 is 18.4. The summed E-state index contributed by atoms with van der Waals surface area (Å²) < 4.78 is 9.40. The summed E-state index contributed by atoms with van der Waals surface area (Å²) in [6, 6.07) is 7.70. The highest BCUT2D eigenvalue weighted by Gasteiger charge is 2.19. The average molecular weight is 368 g/mol. The van der Waals surface area contributed by atoms with Crippen LogP contribution in [0.3, 0.4) is 0 Å². The zero-order valence-corrected chi connectivity index (χ0v) is 14.3. The predicted octanol–water partition coefficient (Wildman–Crippen LogP) is 4.52. The van der Waals surface area contributed by atoms with Crippen LogP contribution in [-0.4, -0.2) is 26.9 Å². The Morgan fingerprint density at radius 1 is 1.19 bits per heavy atom. The molecule has 0 N–H and O–H groups in total. The van der Waals surface area contributed by atoms with E-state index in [2.05, 4.69) is 10.2 Å². The zero-order chi connectivity index (χ0) is 15.3. The van der Waals surface area contributed by atoms with Gasteiger partial charge in [0.05, 0.1) is 13.5 Å². The Hall–Kier alpha value is -0.620. The topological polar surface area (TPSA) is 48.2 Å². The quantitative estimate of drug-likeness (QED) is 0.555. The van der Waals surface area contributed by atoms with Crippen molar-refractivity contribution in [3.8, 4) is 5.75 Å². The van der Waals surface area contributed by atoms with Gasteiger partial charge in [0.1, 0.15) is 5.75 Å². The van der Waals surface area contributed by atoms with Crippen LogP contribution in [0.15, 0.2) is 33.9 Å². The molecule has 0 spiro atoms. The first kappa shape index (κ1) is 16.7. The SMILES string of the molecule is COc1ccc(Cc2nnc(SCCC(Cl)(Cl)Cl)o2)cc1. The van der Waals surface area contributed by atoms with Gasteiger partial charge < -0.3 is 9.15 Å². The molecule has 1 aromatic heterocycles. The fourth-order valence-electron chi connectivity index (χ4n) is 1.54. The number of methoxy groups -OCH3 is 1. The van der Waals surface area contributed by atoms with Crippen LogP contribution in [-0.2, 0) is 6.42 Å². The fourth-order valence-corrected chi connectivity index (χ4v) is 3.00. The Labute approximate surface area is 142 Å². The van der Waals surface area contributed by atoms with E-state index in [0.29, 0.717) is 29.7 Å². The van der Waals surface area contributed by atoms with Crippen molar-refractivity contribution in [2.45, 2.75) is 21.9 Å². The van der Waals surface area contributed by atoms with Crippen molar-refractivity contribution in [1.82, 2.24) is 10.2 Å². The second-order valence-corrected chi connectivity index (χ2v) is 7.76. The number of nitrogens with zero attached hydrogens (tertiary/aromatic N) is 2. The van der Waals surface area contributed by atoms with Gasteiger partial charge in [-0.25, -0.2) is 0 Å². The van der Waals surface area contributed by atoms with Gasteiger partial charge in [0, 0.05) is 12.2 Å². The molecule has 0 aliphatic rings. The molecule has 8 heteroatoms. The van der Waals surface area contributed by atoms with E-state index in [4.69, 9.17) is 44.0 Å². The summed E-state index contributed by atoms with van der Waals surface area (Å²) in [5.41, 5.74) is 1.07. The van der Waals surface area contributed by atoms with Gasteiger partial charge in [-0.3, -0.25) is 0 Å². The molecular weight excluding hydrogens is 355 g/mol. The minimum Gasteiger partial charge on any atom is -0.497 e. The van der Waals surface area contributed by atoms with Crippen LogP contribution in [0.2, 0.25) is 0 Å². The van der Waals surface area contributed by atoms with Crippen LogP contribution in [0.1, 0.15) is 17.9 Å². The molecule has 0 fully saturated rings. The van der Waals surface area contributed by atoms with E-state index in [1.807, 2.05) is 24.3 Å². The Kier molecular flexibility index (Phi) is 6.05. The number of hydrogen-bond donors (Lipinski definition) is 0. The minimum atomic E-state index is -1.25. The minimum absolute atomic E-state index is 0.415. The first-order valence-corrected chi connectivity index (χ1v) is 8.23. The number of halogens is 3. The highest BCUT2D eigenvalue weighted by atomic mass is 35.6. The lowest BCUT2D eigenvalue weighted by molar-refractivity contribution is 0.413. The van der Waals surface area contributed by atoms with E-state index in [9.17, 15) is 0 Å². The predicted molar refractivity (Wildman–Crippen MR) is 85.7 cm³/mol. The molecule has 0 atom stereocenters. The van der Waals surface area contributed by atoms with Crippen LogP contribution in [0.5, 0.6) is 5.75 Å². The highest BCUT2D eigenvalue weighted by Crippen LogP contribution is 2.32. The second kappa shape index (κ2) is 7.58. The molecule has 0 saturated carbocycles. The molecule has 0 radical (unpaired) electrons. The van der Waals surface area contributed by atoms with Gasteiger partial charge in [0.2, 0.25) is 5.89 Å². The molecule has 0 saturated heterocycles. The van der Waals surface area contributed by atoms with Crippen molar-refractivity contribution in [3.05, 3.63) is 35.7 Å². The van der Waals surface area contributed by atoms with Crippen molar-refractivity contribution in [1.29, 1.82) is 0 Å². The summed E-state index contributed by atoms with van der Waals surface area (Å²) in [4.78, 5) is 0. The third-order valence-corrected chi connectivity index (χ3v) is 3.96. The lowest BCUT2D eigenvalue weighted by atomic mass is 10.1. The van der Waals surface area contributed by atoms with Crippen molar-refractivity contribution in [3.63, 3.8) is 0 Å². The van der Waals surface area contributed by atoms with Gasteiger partial charge in [-0.05, 0) is 17.7 Å². The molecule has 2 rings (SSSR count). The number of hydrogen-bond acceptors (Lipinski definition) is 5. The van der Waals surface area contributed by atoms with Crippen molar-refractivity contribution in [2.75, 3.05) is 12.9 Å². The third-order valence-electron chi connectivity index (χ3n) is 2.57. The molecule has 4 nitrogen and oxygen atoms in total. The van der Waals surface area contributed by atoms with Crippen LogP contribution >= 0.6 is 46.6 Å². The number of alkyl halides is 3. The smallest absolute Gasteiger partial charge is 0.276 e. The summed E-state index contributed by atoms with van der Waals surface area (Å²) in [5.74, 6) is 1.96. The van der Waals surface area contributed by atoms with Gasteiger partial charge >= 0.3 is 0 Å². The molecule has 1 aromatic carbocycles. The zero-order valence-electron chi connectivity index (χ0n) is 11.2. The molecule has 114 valence electrons. The van der Waals surface area contributed by atoms with Crippen LogP contribution in [0.25, 0.3) is 0 Å². The van der Waals surface area contributed by atoms with E-state index < -0.39 is 3.79 Å². The summed E-state index contributed by atoms with van der Waals surface area (Å²) in [6.45, 7) is 0. The van der Waals surface area contributed by atoms with E-state index in [1.165, 1.54) is 11.8 Å². The molecule has 1 heterocycles. The second-order valence-electron chi connectivity index (χ2n) is 4.20. The summed E-state index contributed by atoms with van der Waals surface area (Å²) in [6.07, 6.45) is 0.987. The van der Waals surface area contributed by atoms with Gasteiger partial charge in [-0.1, -0.05) is 58.7 Å². The highest BCUT2D eigenvalue weighted by molar-refractivity contribution is 7.99. The number of thioether (sulfide) groups is 1. The number of rotatable bonds is 6. The molecule has 0 bridgehead atoms. The molecular formula is C13H13Cl3N2O2S. The first-order valence-electron chi connectivity index (χ1n) is 6.11. The molecule has 0 amide bonds. The number of benzene rings is 1. The van der Waals surface area contributed by atoms with E-state index >= 15 is 0 Å². The largest absolute Gasteiger partial charge is 0.497 e. The molecule has 0 unspecified atom stereocenters. The van der Waals surface area contributed by atoms with Crippen LogP contribution in [0.4, 0.5) is 0 Å². The van der Waals surface area contributed by atoms with Gasteiger partial charge in [0.15, 0.2) is 3.79 Å². The maximum Gasteiger partial charge on any atom is 0.276 e. The Balaban J connectivity index is 1.87. The average Bonchev–Trinajstić information content (AvgIpc) is 2.86. The first-order chi connectivity index (χ1) is 9.96. The number of ether oxygens (including phenoxy) is 1. The monoisotopic (exact) mass is 366 g/mol. The van der Waals surface area contributed by atoms with Crippen LogP contribution < -0.4 is 4.74 Å². The Morgan fingerprint density at radius 3 is 2.52 bits per heavy atom. The summed E-state index contributed by atoms with van der Waals surface area (Å²) in [5, 5.41) is 8.44. The van der Waals surface area contributed by atoms with E-state index in [-0.39, 0.29) is 0 Å². The van der Waals surface area contributed by atoms with Gasteiger partial charge in [-0.2, -0.15) is 0 Å². The Bertz CT molecular complexity index is 570. The lowest BCUT2D eigenvalue weighted by Gasteiger charge is -2.07. The molecule has 21 heavy (non-hydrogen) atoms. The van der Waals surface area contributed by atoms with Gasteiger partial charge in [0.25, 0.3) is 5.22 Å². The fraction of sp³-hybridized carbons (Fsp3) is 0.385. The normalized spacial score (nSPS) is 11.6. The van der Waals surface area contributed by atoms with Gasteiger partial charge in [-0.15, -0.1) is 10.2 Å².